The van der Waals surface area contributed by atoms with Crippen LogP contribution in [0.5, 0.6) is 5.75 Å². The Hall–Kier alpha value is -2.78. The summed E-state index contributed by atoms with van der Waals surface area (Å²) >= 11 is 0. The molecule has 5 nitrogen and oxygen atoms in total. The van der Waals surface area contributed by atoms with Gasteiger partial charge in [-0.2, -0.15) is 5.10 Å². The molecule has 2 N–H and O–H groups in total. The Morgan fingerprint density at radius 3 is 2.62 bits per heavy atom. The van der Waals surface area contributed by atoms with Gasteiger partial charge in [0.1, 0.15) is 11.4 Å². The quantitative estimate of drug-likeness (QED) is 0.496. The molecule has 0 fully saturated rings. The first-order chi connectivity index (χ1) is 12.6. The van der Waals surface area contributed by atoms with Gasteiger partial charge in [0.15, 0.2) is 0 Å². The second kappa shape index (κ2) is 6.50. The van der Waals surface area contributed by atoms with Crippen molar-refractivity contribution in [3.05, 3.63) is 66.4 Å². The maximum atomic E-state index is 13.3. The van der Waals surface area contributed by atoms with Crippen LogP contribution in [0.25, 0.3) is 22.3 Å². The minimum absolute atomic E-state index is 0.434. The first-order valence-electron chi connectivity index (χ1n) is 8.57. The van der Waals surface area contributed by atoms with Crippen molar-refractivity contribution in [2.75, 3.05) is 6.16 Å². The molecule has 4 rings (SSSR count). The van der Waals surface area contributed by atoms with Crippen molar-refractivity contribution in [2.24, 2.45) is 0 Å². The van der Waals surface area contributed by atoms with Gasteiger partial charge in [-0.1, -0.05) is 25.1 Å². The van der Waals surface area contributed by atoms with Crippen LogP contribution in [0.15, 0.2) is 60.8 Å². The van der Waals surface area contributed by atoms with E-state index in [1.807, 2.05) is 74.6 Å². The lowest BCUT2D eigenvalue weighted by Crippen LogP contribution is -2.11. The number of H-pyrrole nitrogens is 2. The first-order valence-corrected chi connectivity index (χ1v) is 10.4. The number of aromatic nitrogens is 3. The van der Waals surface area contributed by atoms with Crippen molar-refractivity contribution in [1.82, 2.24) is 15.2 Å². The number of fused-ring (bicyclic) bond motifs is 1. The number of aryl methyl sites for hydroxylation is 1. The predicted molar refractivity (Wildman–Crippen MR) is 105 cm³/mol. The fourth-order valence-corrected chi connectivity index (χ4v) is 4.70. The highest BCUT2D eigenvalue weighted by Gasteiger charge is 2.25. The number of benzene rings is 2. The molecule has 4 aromatic rings. The van der Waals surface area contributed by atoms with Gasteiger partial charge < -0.3 is 9.51 Å². The van der Waals surface area contributed by atoms with E-state index in [1.54, 1.807) is 0 Å². The molecule has 0 aliphatic carbocycles. The fraction of sp³-hybridized carbons (Fsp3) is 0.150. The van der Waals surface area contributed by atoms with Gasteiger partial charge in [-0.15, -0.1) is 0 Å². The molecule has 1 unspecified atom stereocenters. The normalized spacial score (nSPS) is 13.6. The molecule has 2 heterocycles. The van der Waals surface area contributed by atoms with Gasteiger partial charge in [-0.05, 0) is 48.9 Å². The van der Waals surface area contributed by atoms with Gasteiger partial charge in [0.05, 0.1) is 11.2 Å². The minimum Gasteiger partial charge on any atom is -0.440 e. The van der Waals surface area contributed by atoms with E-state index < -0.39 is 7.37 Å². The molecule has 0 saturated carbocycles. The van der Waals surface area contributed by atoms with Crippen molar-refractivity contribution in [2.45, 2.75) is 13.8 Å². The van der Waals surface area contributed by atoms with E-state index in [2.05, 4.69) is 15.2 Å². The highest BCUT2D eigenvalue weighted by Crippen LogP contribution is 2.46. The summed E-state index contributed by atoms with van der Waals surface area (Å²) in [5.41, 5.74) is 3.81. The summed E-state index contributed by atoms with van der Waals surface area (Å²) in [6, 6.07) is 17.1. The van der Waals surface area contributed by atoms with E-state index in [0.29, 0.717) is 11.9 Å². The van der Waals surface area contributed by atoms with Crippen LogP contribution in [0.4, 0.5) is 0 Å². The largest absolute Gasteiger partial charge is 0.440 e. The Labute approximate surface area is 151 Å². The molecule has 0 saturated heterocycles. The molecule has 0 aliphatic heterocycles. The van der Waals surface area contributed by atoms with Crippen molar-refractivity contribution in [1.29, 1.82) is 0 Å². The molecule has 6 heteroatoms. The maximum absolute atomic E-state index is 13.3. The van der Waals surface area contributed by atoms with Gasteiger partial charge >= 0.3 is 0 Å². The number of nitrogens with zero attached hydrogens (tertiary/aromatic N) is 1. The number of hydrogen-bond donors (Lipinski definition) is 2. The lowest BCUT2D eigenvalue weighted by Gasteiger charge is -2.18. The maximum Gasteiger partial charge on any atom is 0.276 e. The SMILES string of the molecule is CCP(=O)(Oc1ccc2[nH]nc(-c3cc(C)c[nH]3)c2c1)c1ccccc1. The summed E-state index contributed by atoms with van der Waals surface area (Å²) in [4.78, 5) is 3.23. The van der Waals surface area contributed by atoms with Crippen molar-refractivity contribution >= 4 is 23.6 Å². The molecular weight excluding hydrogens is 345 g/mol. The molecule has 0 amide bonds. The van der Waals surface area contributed by atoms with Crippen LogP contribution in [0.1, 0.15) is 12.5 Å². The zero-order valence-corrected chi connectivity index (χ0v) is 15.6. The molecule has 0 aliphatic rings. The zero-order chi connectivity index (χ0) is 18.1. The molecule has 0 radical (unpaired) electrons. The number of nitrogens with one attached hydrogen (secondary N) is 2. The van der Waals surface area contributed by atoms with E-state index in [1.165, 1.54) is 0 Å². The second-order valence-electron chi connectivity index (χ2n) is 6.29. The zero-order valence-electron chi connectivity index (χ0n) is 14.7. The monoisotopic (exact) mass is 365 g/mol. The minimum atomic E-state index is -2.96. The van der Waals surface area contributed by atoms with Crippen LogP contribution < -0.4 is 9.83 Å². The average molecular weight is 365 g/mol. The highest BCUT2D eigenvalue weighted by atomic mass is 31.2. The van der Waals surface area contributed by atoms with E-state index in [-0.39, 0.29) is 0 Å². The molecule has 1 atom stereocenters. The van der Waals surface area contributed by atoms with Crippen LogP contribution in [0.3, 0.4) is 0 Å². The third-order valence-electron chi connectivity index (χ3n) is 4.44. The highest BCUT2D eigenvalue weighted by molar-refractivity contribution is 7.67. The number of hydrogen-bond acceptors (Lipinski definition) is 3. The standard InChI is InChI=1S/C20H20N3O2P/c1-3-26(24,16-7-5-4-6-8-16)25-15-9-10-18-17(12-15)20(23-22-18)19-11-14(2)13-21-19/h4-13,21H,3H2,1-2H3,(H,22,23). The van der Waals surface area contributed by atoms with Crippen molar-refractivity contribution < 1.29 is 9.09 Å². The Balaban J connectivity index is 1.74. The lowest BCUT2D eigenvalue weighted by molar-refractivity contribution is 0.494. The van der Waals surface area contributed by atoms with Gasteiger partial charge in [-0.3, -0.25) is 9.66 Å². The molecule has 132 valence electrons. The smallest absolute Gasteiger partial charge is 0.276 e. The summed E-state index contributed by atoms with van der Waals surface area (Å²) in [6.07, 6.45) is 2.38. The molecular formula is C20H20N3O2P. The molecule has 2 aromatic heterocycles. The van der Waals surface area contributed by atoms with Gasteiger partial charge in [0.2, 0.25) is 0 Å². The summed E-state index contributed by atoms with van der Waals surface area (Å²) in [6.45, 7) is 3.91. The predicted octanol–water partition coefficient (Wildman–Crippen LogP) is 4.87. The van der Waals surface area contributed by atoms with E-state index >= 15 is 0 Å². The molecule has 2 aromatic carbocycles. The molecule has 0 spiro atoms. The van der Waals surface area contributed by atoms with Crippen LogP contribution in [-0.2, 0) is 4.57 Å². The van der Waals surface area contributed by atoms with Crippen LogP contribution in [-0.4, -0.2) is 21.3 Å². The third-order valence-corrected chi connectivity index (χ3v) is 6.86. The van der Waals surface area contributed by atoms with Crippen LogP contribution >= 0.6 is 7.37 Å². The Morgan fingerprint density at radius 1 is 1.12 bits per heavy atom. The summed E-state index contributed by atoms with van der Waals surface area (Å²) in [7, 11) is -2.96. The molecule has 0 bridgehead atoms. The van der Waals surface area contributed by atoms with E-state index in [9.17, 15) is 4.57 Å². The Kier molecular flexibility index (Phi) is 4.17. The second-order valence-corrected chi connectivity index (χ2v) is 8.97. The van der Waals surface area contributed by atoms with Crippen LogP contribution in [0.2, 0.25) is 0 Å². The van der Waals surface area contributed by atoms with Crippen molar-refractivity contribution in [3.63, 3.8) is 0 Å². The average Bonchev–Trinajstić information content (AvgIpc) is 3.28. The Morgan fingerprint density at radius 2 is 1.92 bits per heavy atom. The Bertz CT molecular complexity index is 1100. The van der Waals surface area contributed by atoms with E-state index in [0.717, 1.165) is 33.2 Å². The topological polar surface area (TPSA) is 70.8 Å². The third kappa shape index (κ3) is 2.95. The van der Waals surface area contributed by atoms with Gasteiger partial charge in [0.25, 0.3) is 7.37 Å². The summed E-state index contributed by atoms with van der Waals surface area (Å²) in [5, 5.41) is 9.11. The van der Waals surface area contributed by atoms with E-state index in [4.69, 9.17) is 4.52 Å². The summed E-state index contributed by atoms with van der Waals surface area (Å²) < 4.78 is 19.3. The lowest BCUT2D eigenvalue weighted by atomic mass is 10.1. The number of rotatable bonds is 5. The molecule has 26 heavy (non-hydrogen) atoms. The fourth-order valence-electron chi connectivity index (χ4n) is 3.02. The summed E-state index contributed by atoms with van der Waals surface area (Å²) in [5.74, 6) is 0.581. The van der Waals surface area contributed by atoms with Crippen LogP contribution in [0, 0.1) is 6.92 Å². The number of aromatic amines is 2. The van der Waals surface area contributed by atoms with Gasteiger partial charge in [-0.25, -0.2) is 0 Å². The van der Waals surface area contributed by atoms with Gasteiger partial charge in [0, 0.05) is 23.0 Å². The van der Waals surface area contributed by atoms with Crippen molar-refractivity contribution in [3.8, 4) is 17.1 Å². The first kappa shape index (κ1) is 16.7.